The minimum absolute atomic E-state index is 0.0275. The van der Waals surface area contributed by atoms with Crippen molar-refractivity contribution < 1.29 is 22.7 Å². The van der Waals surface area contributed by atoms with Gasteiger partial charge in [-0.3, -0.25) is 4.90 Å². The van der Waals surface area contributed by atoms with E-state index >= 15 is 0 Å². The van der Waals surface area contributed by atoms with E-state index in [2.05, 4.69) is 4.90 Å². The molecule has 0 N–H and O–H groups in total. The summed E-state index contributed by atoms with van der Waals surface area (Å²) in [4.78, 5) is 17.9. The van der Waals surface area contributed by atoms with Crippen molar-refractivity contribution in [3.8, 4) is 11.5 Å². The second-order valence-corrected chi connectivity index (χ2v) is 9.40. The number of carbonyl (C=O) groups excluding carboxylic acids is 1. The third-order valence-electron chi connectivity index (χ3n) is 5.25. The van der Waals surface area contributed by atoms with Gasteiger partial charge in [0, 0.05) is 39.8 Å². The summed E-state index contributed by atoms with van der Waals surface area (Å²) in [6, 6.07) is 5.08. The summed E-state index contributed by atoms with van der Waals surface area (Å²) in [6.45, 7) is 1.74. The standard InChI is InChI=1S/C18H27N3O5S/c1-19(2)18(22)21-8-7-20(14-11-27(23,24)12-15(14)21)10-13-5-6-16(25-3)17(9-13)26-4/h5-6,9,14-15H,7-8,10-12H2,1-4H3/t14-,15+/m0/s1. The zero-order chi connectivity index (χ0) is 19.8. The molecule has 2 atom stereocenters. The number of piperazine rings is 1. The Morgan fingerprint density at radius 2 is 1.78 bits per heavy atom. The molecule has 2 heterocycles. The van der Waals surface area contributed by atoms with Crippen molar-refractivity contribution in [1.29, 1.82) is 0 Å². The summed E-state index contributed by atoms with van der Waals surface area (Å²) in [5.74, 6) is 1.41. The Bertz CT molecular complexity index is 811. The first-order chi connectivity index (χ1) is 12.8. The van der Waals surface area contributed by atoms with Crippen molar-refractivity contribution >= 4 is 15.9 Å². The third-order valence-corrected chi connectivity index (χ3v) is 6.95. The highest BCUT2D eigenvalue weighted by Gasteiger charge is 2.48. The Kier molecular flexibility index (Phi) is 5.53. The molecule has 3 rings (SSSR count). The first-order valence-corrected chi connectivity index (χ1v) is 10.7. The number of hydrogen-bond donors (Lipinski definition) is 0. The molecule has 0 radical (unpaired) electrons. The molecular formula is C18H27N3O5S. The number of urea groups is 1. The van der Waals surface area contributed by atoms with Crippen molar-refractivity contribution in [2.24, 2.45) is 0 Å². The fourth-order valence-corrected chi connectivity index (χ4v) is 5.94. The SMILES string of the molecule is COc1ccc(CN2CCN(C(=O)N(C)C)[C@@H]3CS(=O)(=O)C[C@@H]32)cc1OC. The number of benzene rings is 1. The van der Waals surface area contributed by atoms with E-state index in [1.54, 1.807) is 33.2 Å². The fourth-order valence-electron chi connectivity index (χ4n) is 3.93. The number of hydrogen-bond acceptors (Lipinski definition) is 6. The largest absolute Gasteiger partial charge is 0.493 e. The first-order valence-electron chi connectivity index (χ1n) is 8.89. The predicted molar refractivity (Wildman–Crippen MR) is 102 cm³/mol. The molecule has 2 amide bonds. The maximum atomic E-state index is 12.5. The Morgan fingerprint density at radius 1 is 1.11 bits per heavy atom. The Hall–Kier alpha value is -2.00. The average molecular weight is 397 g/mol. The summed E-state index contributed by atoms with van der Waals surface area (Å²) in [6.07, 6.45) is 0. The summed E-state index contributed by atoms with van der Waals surface area (Å²) in [7, 11) is 3.39. The molecule has 2 aliphatic rings. The minimum Gasteiger partial charge on any atom is -0.493 e. The van der Waals surface area contributed by atoms with Crippen molar-refractivity contribution in [1.82, 2.24) is 14.7 Å². The molecule has 1 aromatic carbocycles. The van der Waals surface area contributed by atoms with Crippen molar-refractivity contribution in [3.63, 3.8) is 0 Å². The number of carbonyl (C=O) groups is 1. The molecule has 2 fully saturated rings. The van der Waals surface area contributed by atoms with Gasteiger partial charge >= 0.3 is 6.03 Å². The smallest absolute Gasteiger partial charge is 0.319 e. The van der Waals surface area contributed by atoms with E-state index in [-0.39, 0.29) is 29.6 Å². The predicted octanol–water partition coefficient (Wildman–Crippen LogP) is 0.669. The maximum absolute atomic E-state index is 12.5. The second kappa shape index (κ2) is 7.55. The number of methoxy groups -OCH3 is 2. The van der Waals surface area contributed by atoms with E-state index < -0.39 is 9.84 Å². The molecule has 0 aromatic heterocycles. The van der Waals surface area contributed by atoms with Crippen LogP contribution in [0.1, 0.15) is 5.56 Å². The highest BCUT2D eigenvalue weighted by molar-refractivity contribution is 7.91. The summed E-state index contributed by atoms with van der Waals surface area (Å²) < 4.78 is 35.2. The topological polar surface area (TPSA) is 79.4 Å². The van der Waals surface area contributed by atoms with Gasteiger partial charge in [-0.1, -0.05) is 6.07 Å². The Balaban J connectivity index is 1.82. The lowest BCUT2D eigenvalue weighted by atomic mass is 10.0. The number of nitrogens with zero attached hydrogens (tertiary/aromatic N) is 3. The Morgan fingerprint density at radius 3 is 2.41 bits per heavy atom. The normalized spacial score (nSPS) is 24.4. The van der Waals surface area contributed by atoms with Gasteiger partial charge < -0.3 is 19.3 Å². The van der Waals surface area contributed by atoms with Crippen LogP contribution in [0.3, 0.4) is 0 Å². The number of rotatable bonds is 4. The van der Waals surface area contributed by atoms with Crippen LogP contribution in [0.15, 0.2) is 18.2 Å². The van der Waals surface area contributed by atoms with Crippen LogP contribution in [0, 0.1) is 0 Å². The van der Waals surface area contributed by atoms with Crippen LogP contribution in [0.4, 0.5) is 4.79 Å². The first kappa shape index (κ1) is 19.8. The number of sulfone groups is 1. The van der Waals surface area contributed by atoms with Gasteiger partial charge in [0.1, 0.15) is 0 Å². The zero-order valence-corrected chi connectivity index (χ0v) is 17.0. The van der Waals surface area contributed by atoms with Gasteiger partial charge in [-0.25, -0.2) is 13.2 Å². The van der Waals surface area contributed by atoms with Crippen LogP contribution in [0.2, 0.25) is 0 Å². The van der Waals surface area contributed by atoms with E-state index in [1.807, 2.05) is 18.2 Å². The monoisotopic (exact) mass is 397 g/mol. The summed E-state index contributed by atoms with van der Waals surface area (Å²) >= 11 is 0. The van der Waals surface area contributed by atoms with Crippen LogP contribution >= 0.6 is 0 Å². The van der Waals surface area contributed by atoms with Gasteiger partial charge in [0.25, 0.3) is 0 Å². The quantitative estimate of drug-likeness (QED) is 0.743. The highest BCUT2D eigenvalue weighted by Crippen LogP contribution is 2.31. The van der Waals surface area contributed by atoms with Crippen molar-refractivity contribution in [2.75, 3.05) is 52.9 Å². The third kappa shape index (κ3) is 3.98. The van der Waals surface area contributed by atoms with Gasteiger partial charge in [0.05, 0.1) is 31.8 Å². The van der Waals surface area contributed by atoms with E-state index in [4.69, 9.17) is 9.47 Å². The van der Waals surface area contributed by atoms with Gasteiger partial charge in [-0.05, 0) is 17.7 Å². The van der Waals surface area contributed by atoms with E-state index in [0.717, 1.165) is 5.56 Å². The summed E-state index contributed by atoms with van der Waals surface area (Å²) in [5, 5.41) is 0. The average Bonchev–Trinajstić information content (AvgIpc) is 2.96. The van der Waals surface area contributed by atoms with Crippen LogP contribution in [-0.2, 0) is 16.4 Å². The molecule has 0 bridgehead atoms. The van der Waals surface area contributed by atoms with Gasteiger partial charge in [0.2, 0.25) is 0 Å². The number of fused-ring (bicyclic) bond motifs is 1. The molecule has 1 aromatic rings. The van der Waals surface area contributed by atoms with Crippen LogP contribution in [0.25, 0.3) is 0 Å². The molecule has 0 unspecified atom stereocenters. The minimum atomic E-state index is -3.17. The number of ether oxygens (including phenoxy) is 2. The summed E-state index contributed by atoms with van der Waals surface area (Å²) in [5.41, 5.74) is 1.02. The molecule has 9 heteroatoms. The Labute approximate surface area is 160 Å². The molecule has 2 aliphatic heterocycles. The second-order valence-electron chi connectivity index (χ2n) is 7.24. The fraction of sp³-hybridized carbons (Fsp3) is 0.611. The lowest BCUT2D eigenvalue weighted by molar-refractivity contribution is 0.0520. The molecule has 0 saturated carbocycles. The molecule has 150 valence electrons. The van der Waals surface area contributed by atoms with Crippen LogP contribution in [-0.4, -0.2) is 94.1 Å². The lowest BCUT2D eigenvalue weighted by Gasteiger charge is -2.44. The van der Waals surface area contributed by atoms with E-state index in [9.17, 15) is 13.2 Å². The molecule has 2 saturated heterocycles. The van der Waals surface area contributed by atoms with E-state index in [1.165, 1.54) is 4.90 Å². The highest BCUT2D eigenvalue weighted by atomic mass is 32.2. The van der Waals surface area contributed by atoms with Gasteiger partial charge in [-0.15, -0.1) is 0 Å². The number of amides is 2. The van der Waals surface area contributed by atoms with Crippen molar-refractivity contribution in [3.05, 3.63) is 23.8 Å². The lowest BCUT2D eigenvalue weighted by Crippen LogP contribution is -2.61. The van der Waals surface area contributed by atoms with E-state index in [0.29, 0.717) is 31.1 Å². The molecule has 27 heavy (non-hydrogen) atoms. The van der Waals surface area contributed by atoms with Crippen molar-refractivity contribution in [2.45, 2.75) is 18.6 Å². The van der Waals surface area contributed by atoms with Crippen LogP contribution in [0.5, 0.6) is 11.5 Å². The zero-order valence-electron chi connectivity index (χ0n) is 16.2. The molecule has 8 nitrogen and oxygen atoms in total. The molecular weight excluding hydrogens is 370 g/mol. The van der Waals surface area contributed by atoms with Gasteiger partial charge in [-0.2, -0.15) is 0 Å². The maximum Gasteiger partial charge on any atom is 0.319 e. The molecule has 0 spiro atoms. The van der Waals surface area contributed by atoms with Gasteiger partial charge in [0.15, 0.2) is 21.3 Å². The van der Waals surface area contributed by atoms with Crippen LogP contribution < -0.4 is 9.47 Å². The molecule has 0 aliphatic carbocycles.